The lowest BCUT2D eigenvalue weighted by molar-refractivity contribution is 0.0963. The maximum atomic E-state index is 13.5. The van der Waals surface area contributed by atoms with E-state index in [1.54, 1.807) is 0 Å². The van der Waals surface area contributed by atoms with Crippen molar-refractivity contribution in [2.45, 2.75) is 78.6 Å². The largest absolute Gasteiger partial charge is 0.507 e. The number of nitrogens with one attached hydrogen (secondary N) is 1. The van der Waals surface area contributed by atoms with Crippen LogP contribution < -0.4 is 5.73 Å². The molecule has 1 saturated heterocycles. The fourth-order valence-electron chi connectivity index (χ4n) is 5.15. The summed E-state index contributed by atoms with van der Waals surface area (Å²) in [5.41, 5.74) is 9.36. The number of nitrogens with two attached hydrogens (primary N) is 1. The van der Waals surface area contributed by atoms with Crippen molar-refractivity contribution < 1.29 is 9.90 Å². The molecule has 2 aromatic rings. The number of phenols is 1. The Bertz CT molecular complexity index is 1050. The standard InChI is InChI=1S/C30H43N3O2.BrH/c1-8-9-20-17-33(28(32)23(20)14-19-10-12-22(31)13-11-19)18-26(34)21-15-24(29(2,3)4)27(35)25(16-21)30(5,6)7;/h10-13,15-16,20,23,32,35H,8-9,14,17-18,31H2,1-7H3;1H/t20-,23+;/m0./s1. The van der Waals surface area contributed by atoms with Gasteiger partial charge in [-0.15, -0.1) is 17.0 Å². The Hall–Kier alpha value is -2.34. The van der Waals surface area contributed by atoms with Crippen LogP contribution in [0.5, 0.6) is 5.75 Å². The van der Waals surface area contributed by atoms with E-state index in [0.29, 0.717) is 17.3 Å². The normalized spacial score (nSPS) is 18.3. The molecule has 0 aromatic heterocycles. The smallest absolute Gasteiger partial charge is 0.182 e. The molecule has 6 heteroatoms. The number of amidine groups is 1. The van der Waals surface area contributed by atoms with Crippen LogP contribution in [0.1, 0.15) is 88.4 Å². The van der Waals surface area contributed by atoms with Gasteiger partial charge in [-0.25, -0.2) is 0 Å². The summed E-state index contributed by atoms with van der Waals surface area (Å²) in [6, 6.07) is 11.6. The van der Waals surface area contributed by atoms with Crippen LogP contribution in [0, 0.1) is 17.2 Å². The minimum Gasteiger partial charge on any atom is -0.507 e. The molecule has 0 unspecified atom stereocenters. The first-order valence-corrected chi connectivity index (χ1v) is 12.8. The van der Waals surface area contributed by atoms with Crippen molar-refractivity contribution in [2.24, 2.45) is 11.8 Å². The van der Waals surface area contributed by atoms with E-state index in [9.17, 15) is 9.90 Å². The average Bonchev–Trinajstić information content (AvgIpc) is 3.03. The molecule has 0 spiro atoms. The zero-order chi connectivity index (χ0) is 26.1. The zero-order valence-corrected chi connectivity index (χ0v) is 24.7. The van der Waals surface area contributed by atoms with Crippen molar-refractivity contribution in [1.29, 1.82) is 5.41 Å². The first-order valence-electron chi connectivity index (χ1n) is 12.8. The van der Waals surface area contributed by atoms with Crippen LogP contribution >= 0.6 is 17.0 Å². The van der Waals surface area contributed by atoms with Gasteiger partial charge in [0.15, 0.2) is 5.78 Å². The summed E-state index contributed by atoms with van der Waals surface area (Å²) >= 11 is 0. The van der Waals surface area contributed by atoms with E-state index in [1.807, 2.05) is 41.3 Å². The van der Waals surface area contributed by atoms with Crippen molar-refractivity contribution >= 4 is 34.3 Å². The van der Waals surface area contributed by atoms with Gasteiger partial charge in [0, 0.05) is 34.8 Å². The van der Waals surface area contributed by atoms with E-state index in [1.165, 1.54) is 5.56 Å². The van der Waals surface area contributed by atoms with Gasteiger partial charge in [-0.05, 0) is 59.4 Å². The second kappa shape index (κ2) is 11.4. The highest BCUT2D eigenvalue weighted by atomic mass is 79.9. The van der Waals surface area contributed by atoms with Crippen LogP contribution in [0.2, 0.25) is 0 Å². The van der Waals surface area contributed by atoms with Gasteiger partial charge < -0.3 is 15.7 Å². The van der Waals surface area contributed by atoms with Crippen molar-refractivity contribution in [3.63, 3.8) is 0 Å². The van der Waals surface area contributed by atoms with Gasteiger partial charge in [0.2, 0.25) is 0 Å². The molecule has 0 bridgehead atoms. The van der Waals surface area contributed by atoms with Crippen LogP contribution in [0.3, 0.4) is 0 Å². The maximum Gasteiger partial charge on any atom is 0.182 e. The number of Topliss-reactive ketones (excluding diaryl/α,β-unsaturated/α-hetero) is 1. The van der Waals surface area contributed by atoms with Gasteiger partial charge in [0.05, 0.1) is 6.54 Å². The van der Waals surface area contributed by atoms with Crippen LogP contribution in [0.4, 0.5) is 5.69 Å². The molecule has 1 heterocycles. The van der Waals surface area contributed by atoms with Gasteiger partial charge >= 0.3 is 0 Å². The molecule has 0 amide bonds. The zero-order valence-electron chi connectivity index (χ0n) is 22.9. The Morgan fingerprint density at radius 3 is 2.06 bits per heavy atom. The van der Waals surface area contributed by atoms with Crippen LogP contribution in [0.15, 0.2) is 36.4 Å². The van der Waals surface area contributed by atoms with Crippen molar-refractivity contribution in [2.75, 3.05) is 18.8 Å². The van der Waals surface area contributed by atoms with E-state index < -0.39 is 0 Å². The van der Waals surface area contributed by atoms with Crippen molar-refractivity contribution in [3.8, 4) is 5.75 Å². The minimum atomic E-state index is -0.295. The lowest BCUT2D eigenvalue weighted by Gasteiger charge is -2.28. The number of benzene rings is 2. The summed E-state index contributed by atoms with van der Waals surface area (Å²) in [5.74, 6) is 1.28. The predicted molar refractivity (Wildman–Crippen MR) is 156 cm³/mol. The molecular weight excluding hydrogens is 514 g/mol. The van der Waals surface area contributed by atoms with Gasteiger partial charge in [0.1, 0.15) is 11.6 Å². The summed E-state index contributed by atoms with van der Waals surface area (Å²) in [6.07, 6.45) is 2.88. The number of hydrogen-bond acceptors (Lipinski definition) is 4. The Morgan fingerprint density at radius 2 is 1.58 bits per heavy atom. The number of nitrogen functional groups attached to an aromatic ring is 1. The molecule has 1 aliphatic rings. The molecule has 0 aliphatic carbocycles. The molecule has 2 aromatic carbocycles. The number of rotatable bonds is 7. The van der Waals surface area contributed by atoms with E-state index in [-0.39, 0.29) is 51.8 Å². The van der Waals surface area contributed by atoms with Gasteiger partial charge in [-0.3, -0.25) is 10.2 Å². The number of carbonyl (C=O) groups excluding carboxylic acids is 1. The molecule has 36 heavy (non-hydrogen) atoms. The molecule has 5 nitrogen and oxygen atoms in total. The Balaban J connectivity index is 0.00000456. The number of anilines is 1. The predicted octanol–water partition coefficient (Wildman–Crippen LogP) is 6.90. The third-order valence-electron chi connectivity index (χ3n) is 7.19. The first kappa shape index (κ1) is 29.9. The molecule has 0 radical (unpaired) electrons. The number of nitrogens with zero attached hydrogens (tertiary/aromatic N) is 1. The van der Waals surface area contributed by atoms with Crippen molar-refractivity contribution in [1.82, 2.24) is 4.90 Å². The summed E-state index contributed by atoms with van der Waals surface area (Å²) in [5, 5.41) is 20.0. The summed E-state index contributed by atoms with van der Waals surface area (Å²) in [6.45, 7) is 15.4. The molecule has 0 saturated carbocycles. The molecule has 1 fully saturated rings. The first-order chi connectivity index (χ1) is 16.2. The topological polar surface area (TPSA) is 90.4 Å². The number of carbonyl (C=O) groups is 1. The van der Waals surface area contributed by atoms with Gasteiger partial charge in [-0.2, -0.15) is 0 Å². The Labute approximate surface area is 227 Å². The Kier molecular flexibility index (Phi) is 9.44. The van der Waals surface area contributed by atoms with Gasteiger partial charge in [0.25, 0.3) is 0 Å². The number of likely N-dealkylation sites (tertiary alicyclic amines) is 1. The summed E-state index contributed by atoms with van der Waals surface area (Å²) < 4.78 is 0. The van der Waals surface area contributed by atoms with Crippen LogP contribution in [-0.2, 0) is 17.3 Å². The number of phenolic OH excluding ortho intramolecular Hbond substituents is 1. The van der Waals surface area contributed by atoms with Crippen LogP contribution in [-0.4, -0.2) is 34.7 Å². The molecular formula is C30H44BrN3O2. The molecule has 1 aliphatic heterocycles. The van der Waals surface area contributed by atoms with Crippen molar-refractivity contribution in [3.05, 3.63) is 58.7 Å². The molecule has 2 atom stereocenters. The molecule has 4 N–H and O–H groups in total. The highest BCUT2D eigenvalue weighted by Gasteiger charge is 2.38. The number of halogens is 1. The summed E-state index contributed by atoms with van der Waals surface area (Å²) in [7, 11) is 0. The second-order valence-electron chi connectivity index (χ2n) is 12.2. The number of ketones is 1. The lowest BCUT2D eigenvalue weighted by atomic mass is 9.78. The second-order valence-corrected chi connectivity index (χ2v) is 12.2. The van der Waals surface area contributed by atoms with E-state index in [2.05, 4.69) is 48.5 Å². The van der Waals surface area contributed by atoms with E-state index in [4.69, 9.17) is 11.1 Å². The third kappa shape index (κ3) is 6.70. The third-order valence-corrected chi connectivity index (χ3v) is 7.19. The maximum absolute atomic E-state index is 13.5. The minimum absolute atomic E-state index is 0. The SMILES string of the molecule is Br.CCC[C@H]1CN(CC(=O)c2cc(C(C)(C)C)c(O)c(C(C)(C)C)c2)C(=N)[C@@H]1Cc1ccc(N)cc1. The lowest BCUT2D eigenvalue weighted by Crippen LogP contribution is -2.33. The quantitative estimate of drug-likeness (QED) is 0.255. The Morgan fingerprint density at radius 1 is 1.06 bits per heavy atom. The molecule has 198 valence electrons. The number of aromatic hydroxyl groups is 1. The monoisotopic (exact) mass is 557 g/mol. The average molecular weight is 559 g/mol. The van der Waals surface area contributed by atoms with E-state index >= 15 is 0 Å². The van der Waals surface area contributed by atoms with Crippen LogP contribution in [0.25, 0.3) is 0 Å². The number of hydrogen-bond donors (Lipinski definition) is 3. The summed E-state index contributed by atoms with van der Waals surface area (Å²) in [4.78, 5) is 15.5. The van der Waals surface area contributed by atoms with Gasteiger partial charge in [-0.1, -0.05) is 67.0 Å². The molecule has 3 rings (SSSR count). The highest BCUT2D eigenvalue weighted by molar-refractivity contribution is 8.93. The fourth-order valence-corrected chi connectivity index (χ4v) is 5.15. The fraction of sp³-hybridized carbons (Fsp3) is 0.533. The highest BCUT2D eigenvalue weighted by Crippen LogP contribution is 2.40. The van der Waals surface area contributed by atoms with E-state index in [0.717, 1.165) is 42.6 Å².